The number of ether oxygens (including phenoxy) is 1. The van der Waals surface area contributed by atoms with Crippen molar-refractivity contribution in [2.45, 2.75) is 34.2 Å². The van der Waals surface area contributed by atoms with E-state index in [1.807, 2.05) is 67.7 Å². The number of esters is 1. The number of nitrogens with zero attached hydrogens (tertiary/aromatic N) is 1. The van der Waals surface area contributed by atoms with Crippen LogP contribution in [0.4, 0.5) is 0 Å². The smallest absolute Gasteiger partial charge is 0.338 e. The summed E-state index contributed by atoms with van der Waals surface area (Å²) in [6.45, 7) is 8.69. The van der Waals surface area contributed by atoms with Crippen LogP contribution in [0.1, 0.15) is 49.3 Å². The van der Waals surface area contributed by atoms with Gasteiger partial charge in [-0.15, -0.1) is 0 Å². The maximum Gasteiger partial charge on any atom is 0.338 e. The zero-order valence-electron chi connectivity index (χ0n) is 21.5. The summed E-state index contributed by atoms with van der Waals surface area (Å²) >= 11 is 0. The van der Waals surface area contributed by atoms with Crippen molar-refractivity contribution in [2.75, 3.05) is 7.11 Å². The van der Waals surface area contributed by atoms with E-state index in [4.69, 9.17) is 4.74 Å². The number of carbonyl (C=O) groups excluding carboxylic acids is 1. The summed E-state index contributed by atoms with van der Waals surface area (Å²) in [6, 6.07) is 21.4. The van der Waals surface area contributed by atoms with Crippen molar-refractivity contribution >= 4 is 18.1 Å². The highest BCUT2D eigenvalue weighted by Crippen LogP contribution is 2.29. The SMILES string of the molecule is COC(=O)c1ccccc1-c1c(/C=C/c2ccccc2)c(C)cn(Cc2c(C)cc(C)cc2C)c1=O. The Hall–Kier alpha value is -4.18. The first kappa shape index (κ1) is 24.9. The Morgan fingerprint density at radius 3 is 2.17 bits per heavy atom. The van der Waals surface area contributed by atoms with Gasteiger partial charge in [0.2, 0.25) is 0 Å². The van der Waals surface area contributed by atoms with Gasteiger partial charge >= 0.3 is 5.97 Å². The zero-order valence-corrected chi connectivity index (χ0v) is 21.5. The van der Waals surface area contributed by atoms with E-state index < -0.39 is 5.97 Å². The Morgan fingerprint density at radius 1 is 0.861 bits per heavy atom. The summed E-state index contributed by atoms with van der Waals surface area (Å²) in [7, 11) is 1.35. The van der Waals surface area contributed by atoms with Gasteiger partial charge in [-0.05, 0) is 67.1 Å². The summed E-state index contributed by atoms with van der Waals surface area (Å²) in [4.78, 5) is 26.7. The van der Waals surface area contributed by atoms with Crippen LogP contribution >= 0.6 is 0 Å². The molecule has 0 spiro atoms. The van der Waals surface area contributed by atoms with Gasteiger partial charge in [-0.25, -0.2) is 4.79 Å². The van der Waals surface area contributed by atoms with Gasteiger partial charge < -0.3 is 9.30 Å². The predicted molar refractivity (Wildman–Crippen MR) is 147 cm³/mol. The van der Waals surface area contributed by atoms with Gasteiger partial charge in [0, 0.05) is 11.8 Å². The quantitative estimate of drug-likeness (QED) is 0.289. The number of carbonyl (C=O) groups is 1. The van der Waals surface area contributed by atoms with Gasteiger partial charge in [0.15, 0.2) is 0 Å². The van der Waals surface area contributed by atoms with Gasteiger partial charge in [-0.1, -0.05) is 78.4 Å². The Labute approximate surface area is 212 Å². The van der Waals surface area contributed by atoms with E-state index in [-0.39, 0.29) is 5.56 Å². The number of methoxy groups -OCH3 is 1. The van der Waals surface area contributed by atoms with Crippen molar-refractivity contribution in [3.05, 3.63) is 128 Å². The van der Waals surface area contributed by atoms with Crippen molar-refractivity contribution in [1.82, 2.24) is 4.57 Å². The number of rotatable bonds is 6. The molecule has 4 aromatic rings. The predicted octanol–water partition coefficient (Wildman–Crippen LogP) is 6.75. The number of hydrogen-bond donors (Lipinski definition) is 0. The van der Waals surface area contributed by atoms with Crippen molar-refractivity contribution in [1.29, 1.82) is 0 Å². The minimum Gasteiger partial charge on any atom is -0.465 e. The molecule has 0 atom stereocenters. The van der Waals surface area contributed by atoms with Crippen LogP contribution in [-0.4, -0.2) is 17.6 Å². The van der Waals surface area contributed by atoms with Crippen LogP contribution in [0.25, 0.3) is 23.3 Å². The van der Waals surface area contributed by atoms with Crippen LogP contribution in [0, 0.1) is 27.7 Å². The van der Waals surface area contributed by atoms with E-state index in [1.165, 1.54) is 12.7 Å². The molecule has 0 saturated carbocycles. The van der Waals surface area contributed by atoms with Crippen LogP contribution in [-0.2, 0) is 11.3 Å². The Morgan fingerprint density at radius 2 is 1.50 bits per heavy atom. The number of pyridine rings is 1. The first-order chi connectivity index (χ1) is 17.3. The maximum absolute atomic E-state index is 14.1. The highest BCUT2D eigenvalue weighted by atomic mass is 16.5. The maximum atomic E-state index is 14.1. The topological polar surface area (TPSA) is 48.3 Å². The van der Waals surface area contributed by atoms with Gasteiger partial charge in [-0.2, -0.15) is 0 Å². The standard InChI is InChI=1S/C32H31NO3/c1-21-17-22(2)29(23(3)18-21)20-33-19-24(4)26(16-15-25-11-7-6-8-12-25)30(31(33)34)27-13-9-10-14-28(27)32(35)36-5/h6-19H,20H2,1-5H3/b16-15+. The first-order valence-corrected chi connectivity index (χ1v) is 12.0. The second-order valence-electron chi connectivity index (χ2n) is 9.19. The van der Waals surface area contributed by atoms with Crippen molar-refractivity contribution < 1.29 is 9.53 Å². The minimum atomic E-state index is -0.471. The molecule has 0 amide bonds. The summed E-state index contributed by atoms with van der Waals surface area (Å²) in [5.74, 6) is -0.471. The van der Waals surface area contributed by atoms with E-state index in [0.717, 1.165) is 33.4 Å². The number of benzene rings is 3. The number of aryl methyl sites for hydroxylation is 4. The molecule has 0 unspecified atom stereocenters. The molecule has 0 aliphatic heterocycles. The molecule has 4 heteroatoms. The molecule has 0 saturated heterocycles. The molecule has 0 bridgehead atoms. The van der Waals surface area contributed by atoms with Crippen LogP contribution < -0.4 is 5.56 Å². The lowest BCUT2D eigenvalue weighted by atomic mass is 9.93. The van der Waals surface area contributed by atoms with Gasteiger partial charge in [0.05, 0.1) is 24.8 Å². The van der Waals surface area contributed by atoms with Gasteiger partial charge in [0.25, 0.3) is 5.56 Å². The fraction of sp³-hybridized carbons (Fsp3) is 0.188. The summed E-state index contributed by atoms with van der Waals surface area (Å²) in [6.07, 6.45) is 5.86. The molecule has 4 rings (SSSR count). The largest absolute Gasteiger partial charge is 0.465 e. The number of aromatic nitrogens is 1. The average molecular weight is 478 g/mol. The normalized spacial score (nSPS) is 11.1. The molecule has 0 fully saturated rings. The van der Waals surface area contributed by atoms with E-state index in [0.29, 0.717) is 23.2 Å². The first-order valence-electron chi connectivity index (χ1n) is 12.0. The van der Waals surface area contributed by atoms with Crippen molar-refractivity contribution in [2.24, 2.45) is 0 Å². The molecule has 182 valence electrons. The van der Waals surface area contributed by atoms with Crippen LogP contribution in [0.2, 0.25) is 0 Å². The molecule has 4 nitrogen and oxygen atoms in total. The van der Waals surface area contributed by atoms with E-state index in [9.17, 15) is 9.59 Å². The Kier molecular flexibility index (Phi) is 7.35. The lowest BCUT2D eigenvalue weighted by Gasteiger charge is -2.18. The molecule has 0 radical (unpaired) electrons. The second-order valence-corrected chi connectivity index (χ2v) is 9.19. The molecule has 36 heavy (non-hydrogen) atoms. The molecular weight excluding hydrogens is 446 g/mol. The zero-order chi connectivity index (χ0) is 25.8. The Bertz CT molecular complexity index is 1490. The van der Waals surface area contributed by atoms with Crippen LogP contribution in [0.5, 0.6) is 0 Å². The molecular formula is C32H31NO3. The average Bonchev–Trinajstić information content (AvgIpc) is 2.87. The number of hydrogen-bond acceptors (Lipinski definition) is 3. The van der Waals surface area contributed by atoms with E-state index >= 15 is 0 Å². The second kappa shape index (κ2) is 10.6. The Balaban J connectivity index is 1.96. The fourth-order valence-corrected chi connectivity index (χ4v) is 4.77. The third kappa shape index (κ3) is 5.08. The molecule has 3 aromatic carbocycles. The van der Waals surface area contributed by atoms with E-state index in [1.54, 1.807) is 16.7 Å². The molecule has 1 aromatic heterocycles. The van der Waals surface area contributed by atoms with Crippen LogP contribution in [0.15, 0.2) is 77.7 Å². The molecule has 0 N–H and O–H groups in total. The highest BCUT2D eigenvalue weighted by molar-refractivity contribution is 5.98. The van der Waals surface area contributed by atoms with Gasteiger partial charge in [-0.3, -0.25) is 4.79 Å². The summed E-state index contributed by atoms with van der Waals surface area (Å²) < 4.78 is 6.79. The molecule has 0 aliphatic rings. The monoisotopic (exact) mass is 477 g/mol. The summed E-state index contributed by atoms with van der Waals surface area (Å²) in [5, 5.41) is 0. The third-order valence-corrected chi connectivity index (χ3v) is 6.53. The summed E-state index contributed by atoms with van der Waals surface area (Å²) in [5.41, 5.74) is 8.67. The molecule has 0 aliphatic carbocycles. The van der Waals surface area contributed by atoms with E-state index in [2.05, 4.69) is 32.9 Å². The van der Waals surface area contributed by atoms with Crippen molar-refractivity contribution in [3.63, 3.8) is 0 Å². The highest BCUT2D eigenvalue weighted by Gasteiger charge is 2.21. The van der Waals surface area contributed by atoms with Gasteiger partial charge in [0.1, 0.15) is 0 Å². The lowest BCUT2D eigenvalue weighted by Crippen LogP contribution is -2.25. The third-order valence-electron chi connectivity index (χ3n) is 6.53. The fourth-order valence-electron chi connectivity index (χ4n) is 4.77. The molecule has 1 heterocycles. The lowest BCUT2D eigenvalue weighted by molar-refractivity contribution is 0.0601. The van der Waals surface area contributed by atoms with Crippen LogP contribution in [0.3, 0.4) is 0 Å². The minimum absolute atomic E-state index is 0.149. The van der Waals surface area contributed by atoms with Crippen molar-refractivity contribution in [3.8, 4) is 11.1 Å².